The second kappa shape index (κ2) is 6.20. The Balaban J connectivity index is 1.62. The number of benzene rings is 1. The van der Waals surface area contributed by atoms with E-state index < -0.39 is 0 Å². The van der Waals surface area contributed by atoms with Crippen LogP contribution in [0.1, 0.15) is 18.4 Å². The molecule has 0 heterocycles. The lowest BCUT2D eigenvalue weighted by Gasteiger charge is -2.08. The SMILES string of the molecule is C=C(CNC1CC1)COCc1cccc(Cl)c1. The molecule has 2 rings (SSSR count). The minimum absolute atomic E-state index is 0.586. The lowest BCUT2D eigenvalue weighted by molar-refractivity contribution is 0.141. The Bertz CT molecular complexity index is 388. The van der Waals surface area contributed by atoms with Crippen LogP contribution in [0.15, 0.2) is 36.4 Å². The number of hydrogen-bond donors (Lipinski definition) is 1. The first-order chi connectivity index (χ1) is 8.24. The van der Waals surface area contributed by atoms with Crippen LogP contribution in [0.25, 0.3) is 0 Å². The molecule has 0 bridgehead atoms. The van der Waals surface area contributed by atoms with Gasteiger partial charge in [-0.15, -0.1) is 0 Å². The van der Waals surface area contributed by atoms with Gasteiger partial charge in [0.15, 0.2) is 0 Å². The predicted molar refractivity (Wildman–Crippen MR) is 71.3 cm³/mol. The number of rotatable bonds is 7. The van der Waals surface area contributed by atoms with E-state index in [1.165, 1.54) is 12.8 Å². The highest BCUT2D eigenvalue weighted by Crippen LogP contribution is 2.18. The van der Waals surface area contributed by atoms with E-state index in [-0.39, 0.29) is 0 Å². The molecule has 0 aliphatic heterocycles. The number of nitrogens with one attached hydrogen (secondary N) is 1. The molecule has 0 amide bonds. The average molecular weight is 252 g/mol. The second-order valence-corrected chi connectivity index (χ2v) is 4.96. The van der Waals surface area contributed by atoms with Crippen LogP contribution in [0.3, 0.4) is 0 Å². The normalized spacial score (nSPS) is 14.9. The van der Waals surface area contributed by atoms with Gasteiger partial charge in [-0.3, -0.25) is 0 Å². The standard InChI is InChI=1S/C14H18ClNO/c1-11(8-16-14-5-6-14)9-17-10-12-3-2-4-13(15)7-12/h2-4,7,14,16H,1,5-6,8-10H2. The van der Waals surface area contributed by atoms with E-state index in [4.69, 9.17) is 16.3 Å². The van der Waals surface area contributed by atoms with Crippen molar-refractivity contribution in [2.24, 2.45) is 0 Å². The van der Waals surface area contributed by atoms with Gasteiger partial charge in [0.2, 0.25) is 0 Å². The van der Waals surface area contributed by atoms with Crippen LogP contribution in [0.2, 0.25) is 5.02 Å². The Morgan fingerprint density at radius 2 is 2.29 bits per heavy atom. The number of halogens is 1. The summed E-state index contributed by atoms with van der Waals surface area (Å²) in [6.45, 7) is 6.04. The van der Waals surface area contributed by atoms with E-state index in [1.807, 2.05) is 24.3 Å². The van der Waals surface area contributed by atoms with Crippen LogP contribution >= 0.6 is 11.6 Å². The van der Waals surface area contributed by atoms with Crippen LogP contribution in [0, 0.1) is 0 Å². The van der Waals surface area contributed by atoms with E-state index in [0.29, 0.717) is 13.2 Å². The van der Waals surface area contributed by atoms with Gasteiger partial charge in [0.25, 0.3) is 0 Å². The van der Waals surface area contributed by atoms with Crippen LogP contribution in [-0.4, -0.2) is 19.2 Å². The van der Waals surface area contributed by atoms with E-state index in [9.17, 15) is 0 Å². The van der Waals surface area contributed by atoms with Gasteiger partial charge >= 0.3 is 0 Å². The topological polar surface area (TPSA) is 21.3 Å². The summed E-state index contributed by atoms with van der Waals surface area (Å²) in [5, 5.41) is 4.16. The maximum absolute atomic E-state index is 5.89. The summed E-state index contributed by atoms with van der Waals surface area (Å²) in [7, 11) is 0. The zero-order valence-corrected chi connectivity index (χ0v) is 10.7. The highest BCUT2D eigenvalue weighted by Gasteiger charge is 2.19. The summed E-state index contributed by atoms with van der Waals surface area (Å²) in [6, 6.07) is 8.46. The van der Waals surface area contributed by atoms with Crippen LogP contribution in [-0.2, 0) is 11.3 Å². The highest BCUT2D eigenvalue weighted by molar-refractivity contribution is 6.30. The van der Waals surface area contributed by atoms with Gasteiger partial charge in [0, 0.05) is 17.6 Å². The van der Waals surface area contributed by atoms with Crippen molar-refractivity contribution in [3.63, 3.8) is 0 Å². The fourth-order valence-corrected chi connectivity index (χ4v) is 1.78. The third-order valence-electron chi connectivity index (χ3n) is 2.68. The van der Waals surface area contributed by atoms with E-state index in [0.717, 1.165) is 28.7 Å². The monoisotopic (exact) mass is 251 g/mol. The van der Waals surface area contributed by atoms with Gasteiger partial charge in [-0.05, 0) is 36.1 Å². The van der Waals surface area contributed by atoms with Gasteiger partial charge in [0.1, 0.15) is 0 Å². The predicted octanol–water partition coefficient (Wildman–Crippen LogP) is 3.16. The molecule has 1 aromatic carbocycles. The molecule has 0 saturated heterocycles. The smallest absolute Gasteiger partial charge is 0.0721 e. The summed E-state index contributed by atoms with van der Waals surface area (Å²) in [4.78, 5) is 0. The van der Waals surface area contributed by atoms with Crippen LogP contribution < -0.4 is 5.32 Å². The molecule has 17 heavy (non-hydrogen) atoms. The van der Waals surface area contributed by atoms with Crippen molar-refractivity contribution in [3.05, 3.63) is 47.0 Å². The minimum Gasteiger partial charge on any atom is -0.372 e. The zero-order chi connectivity index (χ0) is 12.1. The van der Waals surface area contributed by atoms with E-state index in [2.05, 4.69) is 11.9 Å². The molecular formula is C14H18ClNO. The quantitative estimate of drug-likeness (QED) is 0.752. The molecule has 1 aliphatic carbocycles. The summed E-state index contributed by atoms with van der Waals surface area (Å²) in [6.07, 6.45) is 2.60. The third kappa shape index (κ3) is 4.90. The molecule has 1 aromatic rings. The number of hydrogen-bond acceptors (Lipinski definition) is 2. The molecular weight excluding hydrogens is 234 g/mol. The van der Waals surface area contributed by atoms with Crippen molar-refractivity contribution in [2.75, 3.05) is 13.2 Å². The maximum Gasteiger partial charge on any atom is 0.0721 e. The first-order valence-corrected chi connectivity index (χ1v) is 6.34. The van der Waals surface area contributed by atoms with Crippen molar-refractivity contribution in [3.8, 4) is 0 Å². The number of ether oxygens (including phenoxy) is 1. The molecule has 92 valence electrons. The van der Waals surface area contributed by atoms with Crippen molar-refractivity contribution in [2.45, 2.75) is 25.5 Å². The first kappa shape index (κ1) is 12.6. The summed E-state index contributed by atoms with van der Waals surface area (Å²) in [5.41, 5.74) is 2.19. The molecule has 0 aromatic heterocycles. The van der Waals surface area contributed by atoms with Gasteiger partial charge in [-0.1, -0.05) is 30.3 Å². The molecule has 0 unspecified atom stereocenters. The second-order valence-electron chi connectivity index (χ2n) is 4.53. The lowest BCUT2D eigenvalue weighted by atomic mass is 10.2. The van der Waals surface area contributed by atoms with Crippen molar-refractivity contribution in [1.82, 2.24) is 5.32 Å². The summed E-state index contributed by atoms with van der Waals surface area (Å²) in [5.74, 6) is 0. The van der Waals surface area contributed by atoms with Crippen molar-refractivity contribution < 1.29 is 4.74 Å². The van der Waals surface area contributed by atoms with Crippen LogP contribution in [0.5, 0.6) is 0 Å². The third-order valence-corrected chi connectivity index (χ3v) is 2.92. The first-order valence-electron chi connectivity index (χ1n) is 5.96. The Labute approximate surface area is 108 Å². The van der Waals surface area contributed by atoms with Gasteiger partial charge in [-0.2, -0.15) is 0 Å². The largest absolute Gasteiger partial charge is 0.372 e. The molecule has 0 spiro atoms. The summed E-state index contributed by atoms with van der Waals surface area (Å²) >= 11 is 5.89. The molecule has 1 aliphatic rings. The molecule has 3 heteroatoms. The Morgan fingerprint density at radius 3 is 3.00 bits per heavy atom. The van der Waals surface area contributed by atoms with E-state index in [1.54, 1.807) is 0 Å². The lowest BCUT2D eigenvalue weighted by Crippen LogP contribution is -2.20. The minimum atomic E-state index is 0.586. The molecule has 2 nitrogen and oxygen atoms in total. The zero-order valence-electron chi connectivity index (χ0n) is 9.92. The molecule has 1 N–H and O–H groups in total. The summed E-state index contributed by atoms with van der Waals surface area (Å²) < 4.78 is 5.59. The van der Waals surface area contributed by atoms with Crippen molar-refractivity contribution >= 4 is 11.6 Å². The molecule has 1 fully saturated rings. The Morgan fingerprint density at radius 1 is 1.47 bits per heavy atom. The van der Waals surface area contributed by atoms with Gasteiger partial charge < -0.3 is 10.1 Å². The van der Waals surface area contributed by atoms with Gasteiger partial charge in [0.05, 0.1) is 13.2 Å². The maximum atomic E-state index is 5.89. The Kier molecular flexibility index (Phi) is 4.60. The highest BCUT2D eigenvalue weighted by atomic mass is 35.5. The van der Waals surface area contributed by atoms with Crippen LogP contribution in [0.4, 0.5) is 0 Å². The molecule has 0 atom stereocenters. The Hall–Kier alpha value is -0.830. The average Bonchev–Trinajstić information content (AvgIpc) is 3.10. The fourth-order valence-electron chi connectivity index (χ4n) is 1.57. The molecule has 1 saturated carbocycles. The molecule has 0 radical (unpaired) electrons. The van der Waals surface area contributed by atoms with Crippen molar-refractivity contribution in [1.29, 1.82) is 0 Å². The van der Waals surface area contributed by atoms with Gasteiger partial charge in [-0.25, -0.2) is 0 Å². The fraction of sp³-hybridized carbons (Fsp3) is 0.429. The van der Waals surface area contributed by atoms with E-state index >= 15 is 0 Å².